The van der Waals surface area contributed by atoms with Crippen molar-refractivity contribution in [2.75, 3.05) is 20.7 Å². The van der Waals surface area contributed by atoms with Crippen molar-refractivity contribution in [1.82, 2.24) is 4.31 Å². The Labute approximate surface area is 128 Å². The molecule has 21 heavy (non-hydrogen) atoms. The summed E-state index contributed by atoms with van der Waals surface area (Å²) in [6.07, 6.45) is 0. The average molecular weight is 314 g/mol. The van der Waals surface area contributed by atoms with Crippen LogP contribution in [0.5, 0.6) is 5.75 Å². The van der Waals surface area contributed by atoms with Crippen LogP contribution in [0.3, 0.4) is 0 Å². The first-order chi connectivity index (χ1) is 9.66. The predicted molar refractivity (Wildman–Crippen MR) is 85.3 cm³/mol. The van der Waals surface area contributed by atoms with Gasteiger partial charge in [0.15, 0.2) is 0 Å². The zero-order chi connectivity index (χ0) is 16.4. The molecular formula is C15H26N2O3S. The number of rotatable bonds is 6. The number of nitrogens with two attached hydrogens (primary N) is 1. The van der Waals surface area contributed by atoms with Gasteiger partial charge in [-0.3, -0.25) is 0 Å². The molecule has 0 aliphatic carbocycles. The summed E-state index contributed by atoms with van der Waals surface area (Å²) in [6.45, 7) is 7.87. The molecule has 0 fully saturated rings. The zero-order valence-corrected chi connectivity index (χ0v) is 14.5. The van der Waals surface area contributed by atoms with Gasteiger partial charge in [0.2, 0.25) is 10.0 Å². The number of hydrogen-bond acceptors (Lipinski definition) is 4. The highest BCUT2D eigenvalue weighted by atomic mass is 32.2. The third-order valence-electron chi connectivity index (χ3n) is 3.77. The molecule has 0 radical (unpaired) electrons. The second-order valence-corrected chi connectivity index (χ2v) is 7.59. The molecule has 0 aliphatic heterocycles. The van der Waals surface area contributed by atoms with Crippen LogP contribution < -0.4 is 10.5 Å². The lowest BCUT2D eigenvalue weighted by molar-refractivity contribution is 0.393. The molecule has 120 valence electrons. The first-order valence-corrected chi connectivity index (χ1v) is 8.47. The van der Waals surface area contributed by atoms with E-state index in [4.69, 9.17) is 10.5 Å². The molecule has 1 rings (SSSR count). The standard InChI is InChI=1S/C15H26N2O3S/c1-10(2)13-8-15(11(3)7-14(13)20-6)21(18,19)17(5)12(4)9-16/h7-8,10,12H,9,16H2,1-6H3. The van der Waals surface area contributed by atoms with Crippen LogP contribution in [0.2, 0.25) is 0 Å². The Morgan fingerprint density at radius 1 is 1.29 bits per heavy atom. The van der Waals surface area contributed by atoms with Crippen LogP contribution in [0.25, 0.3) is 0 Å². The van der Waals surface area contributed by atoms with Crippen molar-refractivity contribution in [2.45, 2.75) is 44.6 Å². The number of nitrogens with zero attached hydrogens (tertiary/aromatic N) is 1. The van der Waals surface area contributed by atoms with Gasteiger partial charge in [0.25, 0.3) is 0 Å². The molecule has 0 heterocycles. The lowest BCUT2D eigenvalue weighted by Crippen LogP contribution is -2.39. The van der Waals surface area contributed by atoms with E-state index in [0.717, 1.165) is 11.3 Å². The van der Waals surface area contributed by atoms with E-state index >= 15 is 0 Å². The van der Waals surface area contributed by atoms with Crippen molar-refractivity contribution in [2.24, 2.45) is 5.73 Å². The molecule has 0 saturated heterocycles. The fourth-order valence-electron chi connectivity index (χ4n) is 2.12. The summed E-state index contributed by atoms with van der Waals surface area (Å²) < 4.78 is 32.2. The van der Waals surface area contributed by atoms with Crippen molar-refractivity contribution >= 4 is 10.0 Å². The fraction of sp³-hybridized carbons (Fsp3) is 0.600. The lowest BCUT2D eigenvalue weighted by Gasteiger charge is -2.25. The number of ether oxygens (including phenoxy) is 1. The van der Waals surface area contributed by atoms with Gasteiger partial charge in [-0.2, -0.15) is 4.31 Å². The lowest BCUT2D eigenvalue weighted by atomic mass is 10.0. The van der Waals surface area contributed by atoms with Gasteiger partial charge >= 0.3 is 0 Å². The molecule has 0 bridgehead atoms. The normalized spacial score (nSPS) is 13.8. The van der Waals surface area contributed by atoms with E-state index in [2.05, 4.69) is 0 Å². The molecule has 6 heteroatoms. The van der Waals surface area contributed by atoms with Crippen molar-refractivity contribution in [1.29, 1.82) is 0 Å². The molecule has 1 aromatic rings. The number of methoxy groups -OCH3 is 1. The van der Waals surface area contributed by atoms with Gasteiger partial charge in [-0.05, 0) is 43.0 Å². The molecule has 1 unspecified atom stereocenters. The summed E-state index contributed by atoms with van der Waals surface area (Å²) >= 11 is 0. The molecule has 0 aliphatic rings. The van der Waals surface area contributed by atoms with Crippen molar-refractivity contribution < 1.29 is 13.2 Å². The zero-order valence-electron chi connectivity index (χ0n) is 13.7. The van der Waals surface area contributed by atoms with Crippen molar-refractivity contribution in [3.05, 3.63) is 23.3 Å². The van der Waals surface area contributed by atoms with E-state index in [0.29, 0.717) is 10.5 Å². The summed E-state index contributed by atoms with van der Waals surface area (Å²) in [6, 6.07) is 3.25. The summed E-state index contributed by atoms with van der Waals surface area (Å²) in [7, 11) is -0.408. The SMILES string of the molecule is COc1cc(C)c(S(=O)(=O)N(C)C(C)CN)cc1C(C)C. The molecule has 5 nitrogen and oxygen atoms in total. The number of likely N-dealkylation sites (N-methyl/N-ethyl adjacent to an activating group) is 1. The summed E-state index contributed by atoms with van der Waals surface area (Å²) in [5.41, 5.74) is 7.14. The van der Waals surface area contributed by atoms with Crippen molar-refractivity contribution in [3.8, 4) is 5.75 Å². The Bertz CT molecular complexity index is 597. The molecule has 1 aromatic carbocycles. The number of sulfonamides is 1. The van der Waals surface area contributed by atoms with E-state index in [-0.39, 0.29) is 18.5 Å². The monoisotopic (exact) mass is 314 g/mol. The predicted octanol–water partition coefficient (Wildman–Crippen LogP) is 2.09. The molecule has 0 saturated carbocycles. The summed E-state index contributed by atoms with van der Waals surface area (Å²) in [5, 5.41) is 0. The summed E-state index contributed by atoms with van der Waals surface area (Å²) in [5.74, 6) is 0.891. The fourth-order valence-corrected chi connectivity index (χ4v) is 3.74. The minimum Gasteiger partial charge on any atom is -0.496 e. The van der Waals surface area contributed by atoms with Gasteiger partial charge in [0.05, 0.1) is 12.0 Å². The van der Waals surface area contributed by atoms with Gasteiger partial charge in [-0.25, -0.2) is 8.42 Å². The van der Waals surface area contributed by atoms with Crippen LogP contribution >= 0.6 is 0 Å². The maximum Gasteiger partial charge on any atom is 0.243 e. The Morgan fingerprint density at radius 2 is 1.86 bits per heavy atom. The summed E-state index contributed by atoms with van der Waals surface area (Å²) in [4.78, 5) is 0.315. The van der Waals surface area contributed by atoms with E-state index in [1.807, 2.05) is 13.8 Å². The molecule has 0 aromatic heterocycles. The number of benzene rings is 1. The van der Waals surface area contributed by atoms with Gasteiger partial charge in [0.1, 0.15) is 5.75 Å². The van der Waals surface area contributed by atoms with Gasteiger partial charge in [-0.15, -0.1) is 0 Å². The van der Waals surface area contributed by atoms with Gasteiger partial charge < -0.3 is 10.5 Å². The van der Waals surface area contributed by atoms with Crippen molar-refractivity contribution in [3.63, 3.8) is 0 Å². The van der Waals surface area contributed by atoms with Gasteiger partial charge in [-0.1, -0.05) is 13.8 Å². The van der Waals surface area contributed by atoms with Crippen LogP contribution in [-0.4, -0.2) is 39.5 Å². The minimum atomic E-state index is -3.56. The third kappa shape index (κ3) is 3.56. The highest BCUT2D eigenvalue weighted by Crippen LogP contribution is 2.32. The maximum atomic E-state index is 12.8. The second-order valence-electron chi connectivity index (χ2n) is 5.62. The van der Waals surface area contributed by atoms with Crippen LogP contribution in [-0.2, 0) is 10.0 Å². The molecule has 1 atom stereocenters. The maximum absolute atomic E-state index is 12.8. The van der Waals surface area contributed by atoms with Crippen LogP contribution in [0.4, 0.5) is 0 Å². The number of aryl methyl sites for hydroxylation is 1. The first kappa shape index (κ1) is 17.9. The molecule has 0 amide bonds. The number of hydrogen-bond donors (Lipinski definition) is 1. The van der Waals surface area contributed by atoms with E-state index < -0.39 is 10.0 Å². The highest BCUT2D eigenvalue weighted by molar-refractivity contribution is 7.89. The third-order valence-corrected chi connectivity index (χ3v) is 5.88. The minimum absolute atomic E-state index is 0.173. The molecule has 0 spiro atoms. The highest BCUT2D eigenvalue weighted by Gasteiger charge is 2.27. The van der Waals surface area contributed by atoms with E-state index in [9.17, 15) is 8.42 Å². The van der Waals surface area contributed by atoms with Crippen LogP contribution in [0, 0.1) is 6.92 Å². The van der Waals surface area contributed by atoms with E-state index in [1.54, 1.807) is 40.1 Å². The van der Waals surface area contributed by atoms with E-state index in [1.165, 1.54) is 4.31 Å². The smallest absolute Gasteiger partial charge is 0.243 e. The Morgan fingerprint density at radius 3 is 2.29 bits per heavy atom. The van der Waals surface area contributed by atoms with Crippen LogP contribution in [0.15, 0.2) is 17.0 Å². The molecular weight excluding hydrogens is 288 g/mol. The Hall–Kier alpha value is -1.11. The average Bonchev–Trinajstić information content (AvgIpc) is 2.44. The Balaban J connectivity index is 3.46. The second kappa shape index (κ2) is 6.77. The molecule has 2 N–H and O–H groups in total. The van der Waals surface area contributed by atoms with Gasteiger partial charge in [0, 0.05) is 19.6 Å². The van der Waals surface area contributed by atoms with Crippen LogP contribution in [0.1, 0.15) is 37.8 Å². The topological polar surface area (TPSA) is 72.6 Å². The largest absolute Gasteiger partial charge is 0.496 e. The Kier molecular flexibility index (Phi) is 5.78. The first-order valence-electron chi connectivity index (χ1n) is 7.03. The quantitative estimate of drug-likeness (QED) is 0.872.